The first-order valence-corrected chi connectivity index (χ1v) is 11.3. The molecule has 2 atom stereocenters. The van der Waals surface area contributed by atoms with Gasteiger partial charge in [-0.05, 0) is 56.0 Å². The van der Waals surface area contributed by atoms with Crippen LogP contribution in [0.4, 0.5) is 0 Å². The number of rotatable bonds is 5. The van der Waals surface area contributed by atoms with Crippen molar-refractivity contribution in [2.75, 3.05) is 40.3 Å². The third kappa shape index (κ3) is 3.79. The molecule has 1 saturated heterocycles. The summed E-state index contributed by atoms with van der Waals surface area (Å²) >= 11 is 0. The standard InChI is InChI=1S/C26H35N3O/c1-20(21-9-5-4-6-10-21)23(19-27-2)25(30)29-17-14-26(15-18-29)24-12-8-7-11-22(24)13-16-28(26)3/h4-12,20,23,27H,13-19H2,1-3H3. The Morgan fingerprint density at radius 1 is 1.03 bits per heavy atom. The van der Waals surface area contributed by atoms with Crippen LogP contribution < -0.4 is 5.32 Å². The van der Waals surface area contributed by atoms with Crippen LogP contribution in [-0.4, -0.2) is 56.0 Å². The highest BCUT2D eigenvalue weighted by atomic mass is 16.2. The minimum absolute atomic E-state index is 0.0391. The molecule has 1 fully saturated rings. The highest BCUT2D eigenvalue weighted by molar-refractivity contribution is 5.80. The number of fused-ring (bicyclic) bond motifs is 2. The van der Waals surface area contributed by atoms with E-state index in [-0.39, 0.29) is 17.4 Å². The zero-order valence-electron chi connectivity index (χ0n) is 18.6. The van der Waals surface area contributed by atoms with Gasteiger partial charge in [-0.25, -0.2) is 0 Å². The van der Waals surface area contributed by atoms with Crippen LogP contribution >= 0.6 is 0 Å². The van der Waals surface area contributed by atoms with Gasteiger partial charge in [-0.15, -0.1) is 0 Å². The molecule has 2 heterocycles. The lowest BCUT2D eigenvalue weighted by atomic mass is 9.74. The summed E-state index contributed by atoms with van der Waals surface area (Å²) in [5, 5.41) is 3.26. The van der Waals surface area contributed by atoms with Gasteiger partial charge < -0.3 is 10.2 Å². The molecule has 160 valence electrons. The Morgan fingerprint density at radius 3 is 2.40 bits per heavy atom. The largest absolute Gasteiger partial charge is 0.342 e. The van der Waals surface area contributed by atoms with E-state index in [2.05, 4.69) is 77.6 Å². The zero-order valence-corrected chi connectivity index (χ0v) is 18.6. The van der Waals surface area contributed by atoms with Gasteiger partial charge in [0.15, 0.2) is 0 Å². The summed E-state index contributed by atoms with van der Waals surface area (Å²) in [6, 6.07) is 19.4. The number of benzene rings is 2. The van der Waals surface area contributed by atoms with Gasteiger partial charge in [0.05, 0.1) is 5.92 Å². The van der Waals surface area contributed by atoms with E-state index < -0.39 is 0 Å². The highest BCUT2D eigenvalue weighted by Gasteiger charge is 2.44. The molecule has 2 unspecified atom stereocenters. The van der Waals surface area contributed by atoms with Crippen LogP contribution in [-0.2, 0) is 16.8 Å². The van der Waals surface area contributed by atoms with Crippen molar-refractivity contribution in [2.45, 2.75) is 37.6 Å². The van der Waals surface area contributed by atoms with E-state index >= 15 is 0 Å². The van der Waals surface area contributed by atoms with Crippen molar-refractivity contribution in [3.63, 3.8) is 0 Å². The van der Waals surface area contributed by atoms with E-state index in [1.54, 1.807) is 0 Å². The van der Waals surface area contributed by atoms with Crippen LogP contribution in [0.2, 0.25) is 0 Å². The van der Waals surface area contributed by atoms with Crippen molar-refractivity contribution in [3.05, 3.63) is 71.3 Å². The van der Waals surface area contributed by atoms with Gasteiger partial charge in [-0.1, -0.05) is 61.5 Å². The molecule has 4 rings (SSSR count). The van der Waals surface area contributed by atoms with Crippen LogP contribution in [0.1, 0.15) is 42.4 Å². The molecule has 0 radical (unpaired) electrons. The first-order chi connectivity index (χ1) is 14.6. The summed E-state index contributed by atoms with van der Waals surface area (Å²) in [7, 11) is 4.20. The molecular weight excluding hydrogens is 370 g/mol. The molecule has 4 heteroatoms. The van der Waals surface area contributed by atoms with Gasteiger partial charge in [0, 0.05) is 31.7 Å². The topological polar surface area (TPSA) is 35.6 Å². The maximum absolute atomic E-state index is 13.6. The van der Waals surface area contributed by atoms with Gasteiger partial charge in [0.1, 0.15) is 0 Å². The number of hydrogen-bond acceptors (Lipinski definition) is 3. The van der Waals surface area contributed by atoms with Crippen molar-refractivity contribution in [1.29, 1.82) is 0 Å². The van der Waals surface area contributed by atoms with E-state index in [1.165, 1.54) is 16.7 Å². The SMILES string of the molecule is CNCC(C(=O)N1CCC2(CC1)c1ccccc1CCN2C)C(C)c1ccccc1. The van der Waals surface area contributed by atoms with Crippen LogP contribution in [0.3, 0.4) is 0 Å². The molecule has 2 aromatic carbocycles. The second-order valence-corrected chi connectivity index (χ2v) is 9.05. The second kappa shape index (κ2) is 8.91. The average Bonchev–Trinajstić information content (AvgIpc) is 2.80. The van der Waals surface area contributed by atoms with E-state index in [0.29, 0.717) is 12.5 Å². The quantitative estimate of drug-likeness (QED) is 0.825. The van der Waals surface area contributed by atoms with Gasteiger partial charge in [0.25, 0.3) is 0 Å². The second-order valence-electron chi connectivity index (χ2n) is 9.05. The molecule has 0 aromatic heterocycles. The number of piperidine rings is 1. The third-order valence-corrected chi connectivity index (χ3v) is 7.54. The minimum Gasteiger partial charge on any atom is -0.342 e. The van der Waals surface area contributed by atoms with Gasteiger partial charge >= 0.3 is 0 Å². The van der Waals surface area contributed by atoms with Crippen LogP contribution in [0.25, 0.3) is 0 Å². The van der Waals surface area contributed by atoms with Crippen molar-refractivity contribution >= 4 is 5.91 Å². The number of hydrogen-bond donors (Lipinski definition) is 1. The minimum atomic E-state index is -0.0391. The predicted molar refractivity (Wildman–Crippen MR) is 123 cm³/mol. The number of carbonyl (C=O) groups is 1. The Hall–Kier alpha value is -2.17. The maximum atomic E-state index is 13.6. The molecule has 1 N–H and O–H groups in total. The monoisotopic (exact) mass is 405 g/mol. The summed E-state index contributed by atoms with van der Waals surface area (Å²) in [6.45, 7) is 5.65. The van der Waals surface area contributed by atoms with Gasteiger partial charge in [-0.2, -0.15) is 0 Å². The molecule has 1 spiro atoms. The van der Waals surface area contributed by atoms with E-state index in [9.17, 15) is 4.79 Å². The number of nitrogens with zero attached hydrogens (tertiary/aromatic N) is 2. The smallest absolute Gasteiger partial charge is 0.227 e. The average molecular weight is 406 g/mol. The molecule has 0 bridgehead atoms. The van der Waals surface area contributed by atoms with Crippen molar-refractivity contribution in [2.24, 2.45) is 5.92 Å². The number of carbonyl (C=O) groups excluding carboxylic acids is 1. The normalized spacial score (nSPS) is 20.6. The Labute approximate surface area is 181 Å². The van der Waals surface area contributed by atoms with Gasteiger partial charge in [-0.3, -0.25) is 9.69 Å². The lowest BCUT2D eigenvalue weighted by Crippen LogP contribution is -2.56. The first kappa shape index (κ1) is 21.1. The molecule has 30 heavy (non-hydrogen) atoms. The molecule has 1 amide bonds. The van der Waals surface area contributed by atoms with E-state index in [4.69, 9.17) is 0 Å². The fourth-order valence-corrected chi connectivity index (χ4v) is 5.57. The number of nitrogens with one attached hydrogen (secondary N) is 1. The third-order valence-electron chi connectivity index (χ3n) is 7.54. The number of likely N-dealkylation sites (tertiary alicyclic amines) is 1. The Morgan fingerprint density at radius 2 is 1.70 bits per heavy atom. The molecule has 0 aliphatic carbocycles. The van der Waals surface area contributed by atoms with Crippen molar-refractivity contribution in [1.82, 2.24) is 15.1 Å². The molecule has 4 nitrogen and oxygen atoms in total. The number of amides is 1. The van der Waals surface area contributed by atoms with Crippen LogP contribution in [0.5, 0.6) is 0 Å². The van der Waals surface area contributed by atoms with Crippen LogP contribution in [0, 0.1) is 5.92 Å². The lowest BCUT2D eigenvalue weighted by molar-refractivity contribution is -0.139. The Balaban J connectivity index is 1.51. The fourth-order valence-electron chi connectivity index (χ4n) is 5.57. The van der Waals surface area contributed by atoms with E-state index in [0.717, 1.165) is 38.9 Å². The van der Waals surface area contributed by atoms with Crippen molar-refractivity contribution < 1.29 is 4.79 Å². The molecule has 2 aliphatic rings. The zero-order chi connectivity index (χ0) is 21.1. The first-order valence-electron chi connectivity index (χ1n) is 11.3. The summed E-state index contributed by atoms with van der Waals surface area (Å²) in [4.78, 5) is 18.2. The molecule has 0 saturated carbocycles. The van der Waals surface area contributed by atoms with Gasteiger partial charge in [0.2, 0.25) is 5.91 Å². The summed E-state index contributed by atoms with van der Waals surface area (Å²) in [5.74, 6) is 0.449. The predicted octanol–water partition coefficient (Wildman–Crippen LogP) is 3.63. The Kier molecular flexibility index (Phi) is 6.26. The molecular formula is C26H35N3O. The summed E-state index contributed by atoms with van der Waals surface area (Å²) in [6.07, 6.45) is 3.15. The highest BCUT2D eigenvalue weighted by Crippen LogP contribution is 2.43. The fraction of sp³-hybridized carbons (Fsp3) is 0.500. The molecule has 2 aromatic rings. The maximum Gasteiger partial charge on any atom is 0.227 e. The molecule has 2 aliphatic heterocycles. The van der Waals surface area contributed by atoms with Crippen molar-refractivity contribution in [3.8, 4) is 0 Å². The lowest BCUT2D eigenvalue weighted by Gasteiger charge is -2.51. The number of likely N-dealkylation sites (N-methyl/N-ethyl adjacent to an activating group) is 1. The summed E-state index contributed by atoms with van der Waals surface area (Å²) < 4.78 is 0. The van der Waals surface area contributed by atoms with E-state index in [1.807, 2.05) is 13.1 Å². The Bertz CT molecular complexity index is 858. The summed E-state index contributed by atoms with van der Waals surface area (Å²) in [5.41, 5.74) is 4.28. The van der Waals surface area contributed by atoms with Crippen LogP contribution in [0.15, 0.2) is 54.6 Å².